The average molecular weight is 237 g/mol. The minimum absolute atomic E-state index is 0.150. The van der Waals surface area contributed by atoms with Gasteiger partial charge in [0.25, 0.3) is 0 Å². The number of carbonyl (C=O) groups excluding carboxylic acids is 1. The van der Waals surface area contributed by atoms with Crippen LogP contribution < -0.4 is 0 Å². The fourth-order valence-corrected chi connectivity index (χ4v) is 2.08. The van der Waals surface area contributed by atoms with E-state index in [1.807, 2.05) is 12.1 Å². The summed E-state index contributed by atoms with van der Waals surface area (Å²) in [5, 5.41) is 0. The van der Waals surface area contributed by atoms with Crippen LogP contribution in [0.5, 0.6) is 0 Å². The Kier molecular flexibility index (Phi) is 3.84. The quantitative estimate of drug-likeness (QED) is 0.711. The van der Waals surface area contributed by atoms with Gasteiger partial charge in [-0.1, -0.05) is 0 Å². The van der Waals surface area contributed by atoms with E-state index < -0.39 is 0 Å². The van der Waals surface area contributed by atoms with Gasteiger partial charge in [-0.15, -0.1) is 0 Å². The lowest BCUT2D eigenvalue weighted by Crippen LogP contribution is -2.36. The number of methoxy groups -OCH3 is 1. The summed E-state index contributed by atoms with van der Waals surface area (Å²) in [5.41, 5.74) is 0. The van der Waals surface area contributed by atoms with E-state index in [4.69, 9.17) is 9.15 Å². The largest absolute Gasteiger partial charge is 0.469 e. The predicted octanol–water partition coefficient (Wildman–Crippen LogP) is 2.20. The first-order chi connectivity index (χ1) is 8.20. The van der Waals surface area contributed by atoms with E-state index in [0.717, 1.165) is 12.3 Å². The van der Waals surface area contributed by atoms with E-state index in [1.54, 1.807) is 6.26 Å². The maximum atomic E-state index is 11.3. The van der Waals surface area contributed by atoms with Crippen LogP contribution in [-0.2, 0) is 16.1 Å². The summed E-state index contributed by atoms with van der Waals surface area (Å²) < 4.78 is 10.1. The summed E-state index contributed by atoms with van der Waals surface area (Å²) in [6.45, 7) is 2.84. The van der Waals surface area contributed by atoms with Crippen molar-refractivity contribution in [1.29, 1.82) is 0 Å². The van der Waals surface area contributed by atoms with Gasteiger partial charge in [0.2, 0.25) is 0 Å². The molecule has 1 aromatic rings. The maximum absolute atomic E-state index is 11.3. The molecule has 1 aromatic heterocycles. The molecule has 0 N–H and O–H groups in total. The second-order valence-electron chi connectivity index (χ2n) is 4.61. The van der Waals surface area contributed by atoms with Crippen LogP contribution in [0.25, 0.3) is 0 Å². The molecule has 1 atom stereocenters. The molecule has 0 saturated heterocycles. The van der Waals surface area contributed by atoms with Crippen molar-refractivity contribution >= 4 is 5.97 Å². The molecule has 1 heterocycles. The Labute approximate surface area is 102 Å². The van der Waals surface area contributed by atoms with Gasteiger partial charge < -0.3 is 9.15 Å². The Hall–Kier alpha value is -1.29. The molecule has 1 aliphatic rings. The third-order valence-electron chi connectivity index (χ3n) is 3.19. The van der Waals surface area contributed by atoms with Gasteiger partial charge in [-0.25, -0.2) is 0 Å². The van der Waals surface area contributed by atoms with Gasteiger partial charge in [0.05, 0.1) is 26.3 Å². The van der Waals surface area contributed by atoms with Crippen molar-refractivity contribution in [2.24, 2.45) is 0 Å². The Morgan fingerprint density at radius 3 is 2.94 bits per heavy atom. The first-order valence-corrected chi connectivity index (χ1v) is 6.05. The molecule has 94 valence electrons. The highest BCUT2D eigenvalue weighted by Crippen LogP contribution is 2.31. The standard InChI is InChI=1S/C13H19NO3/c1-10(8-13(15)16-2)14(11-5-6-11)9-12-4-3-7-17-12/h3-4,7,10-11H,5-6,8-9H2,1-2H3. The summed E-state index contributed by atoms with van der Waals surface area (Å²) in [5.74, 6) is 0.802. The van der Waals surface area contributed by atoms with Crippen molar-refractivity contribution < 1.29 is 13.9 Å². The molecule has 0 aliphatic heterocycles. The molecule has 17 heavy (non-hydrogen) atoms. The number of ether oxygens (including phenoxy) is 1. The fourth-order valence-electron chi connectivity index (χ4n) is 2.08. The van der Waals surface area contributed by atoms with Crippen LogP contribution in [0.2, 0.25) is 0 Å². The lowest BCUT2D eigenvalue weighted by atomic mass is 10.2. The number of nitrogens with zero attached hydrogens (tertiary/aromatic N) is 1. The molecule has 1 saturated carbocycles. The third kappa shape index (κ3) is 3.33. The molecule has 4 heteroatoms. The molecular weight excluding hydrogens is 218 g/mol. The van der Waals surface area contributed by atoms with Gasteiger partial charge >= 0.3 is 5.97 Å². The van der Waals surface area contributed by atoms with E-state index in [-0.39, 0.29) is 12.0 Å². The topological polar surface area (TPSA) is 42.7 Å². The van der Waals surface area contributed by atoms with E-state index in [9.17, 15) is 4.79 Å². The molecule has 4 nitrogen and oxygen atoms in total. The monoisotopic (exact) mass is 237 g/mol. The SMILES string of the molecule is COC(=O)CC(C)N(Cc1ccco1)C1CC1. The van der Waals surface area contributed by atoms with Gasteiger partial charge in [0.1, 0.15) is 5.76 Å². The molecule has 2 rings (SSSR count). The van der Waals surface area contributed by atoms with Gasteiger partial charge in [0.15, 0.2) is 0 Å². The van der Waals surface area contributed by atoms with Gasteiger partial charge in [-0.05, 0) is 31.9 Å². The molecule has 0 radical (unpaired) electrons. The number of hydrogen-bond acceptors (Lipinski definition) is 4. The Bertz CT molecular complexity index is 357. The number of furan rings is 1. The first-order valence-electron chi connectivity index (χ1n) is 6.05. The normalized spacial score (nSPS) is 17.1. The van der Waals surface area contributed by atoms with Crippen LogP contribution >= 0.6 is 0 Å². The van der Waals surface area contributed by atoms with E-state index in [1.165, 1.54) is 20.0 Å². The molecule has 0 spiro atoms. The summed E-state index contributed by atoms with van der Waals surface area (Å²) >= 11 is 0. The fraction of sp³-hybridized carbons (Fsp3) is 0.615. The van der Waals surface area contributed by atoms with Crippen LogP contribution in [0, 0.1) is 0 Å². The molecule has 0 amide bonds. The number of carbonyl (C=O) groups is 1. The van der Waals surface area contributed by atoms with Crippen molar-refractivity contribution in [3.05, 3.63) is 24.2 Å². The maximum Gasteiger partial charge on any atom is 0.307 e. The van der Waals surface area contributed by atoms with Crippen molar-refractivity contribution in [3.8, 4) is 0 Å². The Morgan fingerprint density at radius 1 is 1.65 bits per heavy atom. The van der Waals surface area contributed by atoms with Crippen LogP contribution in [0.3, 0.4) is 0 Å². The minimum atomic E-state index is -0.150. The third-order valence-corrected chi connectivity index (χ3v) is 3.19. The van der Waals surface area contributed by atoms with E-state index >= 15 is 0 Å². The number of esters is 1. The van der Waals surface area contributed by atoms with Crippen molar-refractivity contribution in [2.45, 2.75) is 44.8 Å². The van der Waals surface area contributed by atoms with Gasteiger partial charge in [-0.2, -0.15) is 0 Å². The second-order valence-corrected chi connectivity index (χ2v) is 4.61. The minimum Gasteiger partial charge on any atom is -0.469 e. The smallest absolute Gasteiger partial charge is 0.307 e. The van der Waals surface area contributed by atoms with Crippen molar-refractivity contribution in [2.75, 3.05) is 7.11 Å². The Balaban J connectivity index is 1.94. The predicted molar refractivity (Wildman–Crippen MR) is 63.4 cm³/mol. The zero-order valence-electron chi connectivity index (χ0n) is 10.4. The summed E-state index contributed by atoms with van der Waals surface area (Å²) in [6, 6.07) is 4.66. The molecule has 0 bridgehead atoms. The molecule has 1 fully saturated rings. The summed E-state index contributed by atoms with van der Waals surface area (Å²) in [7, 11) is 1.43. The van der Waals surface area contributed by atoms with Gasteiger partial charge in [0, 0.05) is 12.1 Å². The highest BCUT2D eigenvalue weighted by molar-refractivity contribution is 5.69. The average Bonchev–Trinajstić information content (AvgIpc) is 3.03. The number of rotatable bonds is 6. The Morgan fingerprint density at radius 2 is 2.41 bits per heavy atom. The van der Waals surface area contributed by atoms with Crippen LogP contribution in [0.4, 0.5) is 0 Å². The molecule has 1 aliphatic carbocycles. The van der Waals surface area contributed by atoms with E-state index in [2.05, 4.69) is 11.8 Å². The number of hydrogen-bond donors (Lipinski definition) is 0. The lowest BCUT2D eigenvalue weighted by Gasteiger charge is -2.27. The summed E-state index contributed by atoms with van der Waals surface area (Å²) in [6.07, 6.45) is 4.55. The van der Waals surface area contributed by atoms with Crippen LogP contribution in [0.15, 0.2) is 22.8 Å². The van der Waals surface area contributed by atoms with Crippen LogP contribution in [-0.4, -0.2) is 30.1 Å². The highest BCUT2D eigenvalue weighted by atomic mass is 16.5. The van der Waals surface area contributed by atoms with Gasteiger partial charge in [-0.3, -0.25) is 9.69 Å². The molecule has 1 unspecified atom stereocenters. The second kappa shape index (κ2) is 5.36. The summed E-state index contributed by atoms with van der Waals surface area (Å²) in [4.78, 5) is 13.6. The molecular formula is C13H19NO3. The molecule has 0 aromatic carbocycles. The lowest BCUT2D eigenvalue weighted by molar-refractivity contribution is -0.142. The van der Waals surface area contributed by atoms with Crippen molar-refractivity contribution in [3.63, 3.8) is 0 Å². The van der Waals surface area contributed by atoms with Crippen LogP contribution in [0.1, 0.15) is 31.9 Å². The van der Waals surface area contributed by atoms with E-state index in [0.29, 0.717) is 12.5 Å². The zero-order valence-corrected chi connectivity index (χ0v) is 10.4. The van der Waals surface area contributed by atoms with Crippen molar-refractivity contribution in [1.82, 2.24) is 4.90 Å². The highest BCUT2D eigenvalue weighted by Gasteiger charge is 2.33. The first kappa shape index (κ1) is 12.2. The zero-order chi connectivity index (χ0) is 12.3.